The lowest BCUT2D eigenvalue weighted by Gasteiger charge is -2.21. The molecule has 0 aromatic rings. The number of esters is 4. The molecule has 3 N–H and O–H groups in total. The van der Waals surface area contributed by atoms with E-state index in [1.54, 1.807) is 0 Å². The Labute approximate surface area is 594 Å². The molecule has 0 aromatic carbocycles. The Kier molecular flexibility index (Phi) is 68.4. The first-order valence-corrected chi connectivity index (χ1v) is 43.5. The highest BCUT2D eigenvalue weighted by Gasteiger charge is 2.30. The third-order valence-electron chi connectivity index (χ3n) is 18.2. The zero-order chi connectivity index (χ0) is 71.4. The molecular weight excluding hydrogens is 1270 g/mol. The fraction of sp³-hybridized carbons (Fsp3) is 0.949. The summed E-state index contributed by atoms with van der Waals surface area (Å²) in [7, 11) is -9.91. The number of aliphatic hydroxyl groups excluding tert-OH is 1. The molecule has 0 fully saturated rings. The molecule has 19 heteroatoms. The Bertz CT molecular complexity index is 1870. The number of hydrogen-bond donors (Lipinski definition) is 3. The summed E-state index contributed by atoms with van der Waals surface area (Å²) in [5, 5.41) is 10.6. The monoisotopic (exact) mass is 1420 g/mol. The molecule has 0 radical (unpaired) electrons. The molecule has 0 aliphatic rings. The summed E-state index contributed by atoms with van der Waals surface area (Å²) in [5.41, 5.74) is 0. The van der Waals surface area contributed by atoms with E-state index in [1.807, 2.05) is 0 Å². The summed E-state index contributed by atoms with van der Waals surface area (Å²) in [6, 6.07) is 0. The molecule has 576 valence electrons. The molecule has 0 saturated heterocycles. The van der Waals surface area contributed by atoms with E-state index in [0.29, 0.717) is 25.7 Å². The Hall–Kier alpha value is -1.94. The van der Waals surface area contributed by atoms with Gasteiger partial charge < -0.3 is 33.8 Å². The van der Waals surface area contributed by atoms with E-state index in [1.165, 1.54) is 225 Å². The van der Waals surface area contributed by atoms with Crippen molar-refractivity contribution in [3.8, 4) is 0 Å². The van der Waals surface area contributed by atoms with Gasteiger partial charge in [-0.2, -0.15) is 0 Å². The standard InChI is InChI=1S/C78H152O17P2/c1-7-9-11-13-15-17-19-20-28-32-36-43-49-55-61-76(81)89-66-73(94-77(82)62-56-50-44-37-33-29-26-24-22-21-23-25-27-31-34-40-46-52-58-70(3)4)68-92-96(84,85)90-64-72(79)65-91-97(86,87)93-69-74(95-78(83)63-57-51-45-39-38-41-47-53-59-71(5)6)67-88-75(80)60-54-48-42-35-30-18-16-14-12-10-8-2/h70-74,79H,7-69H2,1-6H3,(H,84,85)(H,86,87)/t72-,73-,74-/m1/s1. The van der Waals surface area contributed by atoms with Crippen LogP contribution >= 0.6 is 15.6 Å². The van der Waals surface area contributed by atoms with Gasteiger partial charge in [-0.25, -0.2) is 9.13 Å². The molecule has 0 aliphatic heterocycles. The first-order valence-electron chi connectivity index (χ1n) is 40.5. The molecule has 0 rings (SSSR count). The van der Waals surface area contributed by atoms with Gasteiger partial charge in [-0.3, -0.25) is 37.3 Å². The van der Waals surface area contributed by atoms with Crippen molar-refractivity contribution in [1.82, 2.24) is 0 Å². The fourth-order valence-corrected chi connectivity index (χ4v) is 13.6. The van der Waals surface area contributed by atoms with E-state index in [9.17, 15) is 43.2 Å². The molecule has 0 bridgehead atoms. The van der Waals surface area contributed by atoms with Crippen molar-refractivity contribution in [2.24, 2.45) is 11.8 Å². The number of ether oxygens (including phenoxy) is 4. The second-order valence-electron chi connectivity index (χ2n) is 29.1. The number of aliphatic hydroxyl groups is 1. The third-order valence-corrected chi connectivity index (χ3v) is 20.1. The van der Waals surface area contributed by atoms with Crippen LogP contribution in [0.1, 0.15) is 408 Å². The predicted molar refractivity (Wildman–Crippen MR) is 395 cm³/mol. The second kappa shape index (κ2) is 69.8. The first-order chi connectivity index (χ1) is 46.9. The zero-order valence-electron chi connectivity index (χ0n) is 63.4. The maximum absolute atomic E-state index is 13.1. The fourth-order valence-electron chi connectivity index (χ4n) is 12.0. The van der Waals surface area contributed by atoms with Crippen molar-refractivity contribution in [1.29, 1.82) is 0 Å². The van der Waals surface area contributed by atoms with E-state index in [4.69, 9.17) is 37.0 Å². The quantitative estimate of drug-likeness (QED) is 0.0222. The summed E-state index contributed by atoms with van der Waals surface area (Å²) in [6.45, 7) is 9.60. The molecule has 2 unspecified atom stereocenters. The van der Waals surface area contributed by atoms with Crippen LogP contribution in [0.4, 0.5) is 0 Å². The normalized spacial score (nSPS) is 14.0. The molecule has 0 amide bonds. The van der Waals surface area contributed by atoms with Crippen molar-refractivity contribution in [2.75, 3.05) is 39.6 Å². The predicted octanol–water partition coefficient (Wildman–Crippen LogP) is 23.1. The lowest BCUT2D eigenvalue weighted by Crippen LogP contribution is -2.30. The SMILES string of the molecule is CCCCCCCCCCCCCCCCC(=O)OC[C@H](COP(=O)(O)OC[C@@H](O)COP(=O)(O)OC[C@@H](COC(=O)CCCCCCCCCCCCC)OC(=O)CCCCCCCCCCC(C)C)OC(=O)CCCCCCCCCCCCCCCCCCCCC(C)C. The number of phosphoric acid groups is 2. The molecule has 0 saturated carbocycles. The van der Waals surface area contributed by atoms with Crippen molar-refractivity contribution in [3.05, 3.63) is 0 Å². The van der Waals surface area contributed by atoms with Gasteiger partial charge in [0.1, 0.15) is 19.3 Å². The summed E-state index contributed by atoms with van der Waals surface area (Å²) in [5.74, 6) is -0.575. The number of hydrogen-bond acceptors (Lipinski definition) is 15. The molecule has 0 spiro atoms. The van der Waals surface area contributed by atoms with E-state index in [2.05, 4.69) is 41.5 Å². The molecular formula is C78H152O17P2. The molecule has 0 heterocycles. The number of unbranched alkanes of at least 4 members (excludes halogenated alkanes) is 47. The molecule has 0 aliphatic carbocycles. The van der Waals surface area contributed by atoms with Crippen LogP contribution in [0.5, 0.6) is 0 Å². The minimum atomic E-state index is -4.96. The third kappa shape index (κ3) is 72.2. The van der Waals surface area contributed by atoms with Gasteiger partial charge in [-0.1, -0.05) is 356 Å². The van der Waals surface area contributed by atoms with Crippen LogP contribution in [-0.4, -0.2) is 96.7 Å². The van der Waals surface area contributed by atoms with Crippen LogP contribution in [0.25, 0.3) is 0 Å². The smallest absolute Gasteiger partial charge is 0.462 e. The van der Waals surface area contributed by atoms with Gasteiger partial charge in [-0.15, -0.1) is 0 Å². The number of carbonyl (C=O) groups excluding carboxylic acids is 4. The lowest BCUT2D eigenvalue weighted by atomic mass is 10.0. The summed E-state index contributed by atoms with van der Waals surface area (Å²) < 4.78 is 68.6. The summed E-state index contributed by atoms with van der Waals surface area (Å²) >= 11 is 0. The highest BCUT2D eigenvalue weighted by Crippen LogP contribution is 2.45. The van der Waals surface area contributed by atoms with Crippen molar-refractivity contribution in [3.63, 3.8) is 0 Å². The van der Waals surface area contributed by atoms with E-state index >= 15 is 0 Å². The second-order valence-corrected chi connectivity index (χ2v) is 32.0. The van der Waals surface area contributed by atoms with Crippen LogP contribution in [0.3, 0.4) is 0 Å². The average Bonchev–Trinajstić information content (AvgIpc) is 1.12. The van der Waals surface area contributed by atoms with Crippen molar-refractivity contribution in [2.45, 2.75) is 426 Å². The van der Waals surface area contributed by atoms with Crippen molar-refractivity contribution < 1.29 is 80.2 Å². The highest BCUT2D eigenvalue weighted by molar-refractivity contribution is 7.47. The largest absolute Gasteiger partial charge is 0.472 e. The molecule has 17 nitrogen and oxygen atoms in total. The van der Waals surface area contributed by atoms with Gasteiger partial charge in [0.2, 0.25) is 0 Å². The van der Waals surface area contributed by atoms with Crippen molar-refractivity contribution >= 4 is 39.5 Å². The Morgan fingerprint density at radius 1 is 0.278 bits per heavy atom. The highest BCUT2D eigenvalue weighted by atomic mass is 31.2. The van der Waals surface area contributed by atoms with E-state index in [-0.39, 0.29) is 25.7 Å². The van der Waals surface area contributed by atoms with Crippen LogP contribution in [0.15, 0.2) is 0 Å². The van der Waals surface area contributed by atoms with Crippen LogP contribution in [0.2, 0.25) is 0 Å². The van der Waals surface area contributed by atoms with Gasteiger partial charge in [0.15, 0.2) is 12.2 Å². The average molecular weight is 1420 g/mol. The topological polar surface area (TPSA) is 237 Å². The van der Waals surface area contributed by atoms with Crippen LogP contribution < -0.4 is 0 Å². The van der Waals surface area contributed by atoms with E-state index in [0.717, 1.165) is 102 Å². The number of rotatable bonds is 77. The number of carbonyl (C=O) groups is 4. The van der Waals surface area contributed by atoms with E-state index < -0.39 is 97.5 Å². The van der Waals surface area contributed by atoms with Gasteiger partial charge in [-0.05, 0) is 37.5 Å². The molecule has 0 aromatic heterocycles. The van der Waals surface area contributed by atoms with Crippen LogP contribution in [0, 0.1) is 11.8 Å². The lowest BCUT2D eigenvalue weighted by molar-refractivity contribution is -0.161. The van der Waals surface area contributed by atoms with Gasteiger partial charge in [0, 0.05) is 25.7 Å². The van der Waals surface area contributed by atoms with Crippen LogP contribution in [-0.2, 0) is 65.4 Å². The Morgan fingerprint density at radius 3 is 0.701 bits per heavy atom. The summed E-state index contributed by atoms with van der Waals surface area (Å²) in [6.07, 6.45) is 58.3. The Morgan fingerprint density at radius 2 is 0.474 bits per heavy atom. The maximum Gasteiger partial charge on any atom is 0.472 e. The Balaban J connectivity index is 5.21. The summed E-state index contributed by atoms with van der Waals surface area (Å²) in [4.78, 5) is 72.8. The maximum atomic E-state index is 13.1. The van der Waals surface area contributed by atoms with Gasteiger partial charge in [0.25, 0.3) is 0 Å². The number of phosphoric ester groups is 2. The molecule has 97 heavy (non-hydrogen) atoms. The molecule has 5 atom stereocenters. The first kappa shape index (κ1) is 95.1. The zero-order valence-corrected chi connectivity index (χ0v) is 65.2. The van der Waals surface area contributed by atoms with Gasteiger partial charge in [0.05, 0.1) is 26.4 Å². The minimum Gasteiger partial charge on any atom is -0.462 e. The minimum absolute atomic E-state index is 0.105. The van der Waals surface area contributed by atoms with Gasteiger partial charge >= 0.3 is 39.5 Å².